The van der Waals surface area contributed by atoms with Gasteiger partial charge in [0, 0.05) is 19.3 Å². The Hall–Kier alpha value is -0.850. The minimum absolute atomic E-state index is 0.0625. The van der Waals surface area contributed by atoms with Crippen LogP contribution in [0.5, 0.6) is 0 Å². The van der Waals surface area contributed by atoms with Gasteiger partial charge in [-0.2, -0.15) is 0 Å². The summed E-state index contributed by atoms with van der Waals surface area (Å²) in [4.78, 5) is 12.0. The number of hydrogen-bond donors (Lipinski definition) is 2. The Morgan fingerprint density at radius 2 is 1.74 bits per heavy atom. The molecule has 3 atom stereocenters. The van der Waals surface area contributed by atoms with Crippen LogP contribution in [0.25, 0.3) is 0 Å². The second-order valence-corrected chi connectivity index (χ2v) is 7.42. The van der Waals surface area contributed by atoms with Gasteiger partial charge in [0.2, 0.25) is 0 Å². The Kier molecular flexibility index (Phi) is 6.28. The third-order valence-electron chi connectivity index (χ3n) is 4.33. The Balaban J connectivity index is 1.79. The van der Waals surface area contributed by atoms with Gasteiger partial charge in [0.1, 0.15) is 5.60 Å². The molecule has 6 nitrogen and oxygen atoms in total. The van der Waals surface area contributed by atoms with Crippen molar-refractivity contribution >= 4 is 6.09 Å². The van der Waals surface area contributed by atoms with Crippen molar-refractivity contribution in [1.29, 1.82) is 0 Å². The minimum atomic E-state index is -0.477. The van der Waals surface area contributed by atoms with Gasteiger partial charge in [0.15, 0.2) is 0 Å². The Morgan fingerprint density at radius 1 is 1.09 bits per heavy atom. The molecule has 6 heteroatoms. The average Bonchev–Trinajstić information content (AvgIpc) is 2.37. The predicted molar refractivity (Wildman–Crippen MR) is 88.5 cm³/mol. The fourth-order valence-electron chi connectivity index (χ4n) is 3.17. The fraction of sp³-hybridized carbons (Fsp3) is 0.941. The van der Waals surface area contributed by atoms with E-state index in [4.69, 9.17) is 14.2 Å². The van der Waals surface area contributed by atoms with Crippen LogP contribution in [0.1, 0.15) is 53.9 Å². The van der Waals surface area contributed by atoms with Gasteiger partial charge < -0.3 is 24.8 Å². The van der Waals surface area contributed by atoms with Crippen LogP contribution in [0.2, 0.25) is 0 Å². The third-order valence-corrected chi connectivity index (χ3v) is 4.33. The zero-order valence-electron chi connectivity index (χ0n) is 15.1. The summed E-state index contributed by atoms with van der Waals surface area (Å²) in [6.45, 7) is 11.1. The van der Waals surface area contributed by atoms with E-state index in [1.54, 1.807) is 0 Å². The Bertz CT molecular complexity index is 391. The number of carbonyl (C=O) groups excluding carboxylic acids is 1. The first-order chi connectivity index (χ1) is 10.8. The molecule has 0 heterocycles. The molecule has 2 aliphatic carbocycles. The van der Waals surface area contributed by atoms with E-state index < -0.39 is 5.60 Å². The summed E-state index contributed by atoms with van der Waals surface area (Å²) in [5, 5.41) is 6.59. The summed E-state index contributed by atoms with van der Waals surface area (Å²) in [7, 11) is 0. The van der Waals surface area contributed by atoms with Gasteiger partial charge in [0.25, 0.3) is 0 Å². The van der Waals surface area contributed by atoms with Crippen LogP contribution in [0.15, 0.2) is 0 Å². The van der Waals surface area contributed by atoms with Crippen molar-refractivity contribution in [2.75, 3.05) is 13.2 Å². The minimum Gasteiger partial charge on any atom is -0.444 e. The molecule has 2 aliphatic rings. The largest absolute Gasteiger partial charge is 0.444 e. The van der Waals surface area contributed by atoms with Crippen LogP contribution >= 0.6 is 0 Å². The molecule has 0 aromatic heterocycles. The first-order valence-electron chi connectivity index (χ1n) is 8.81. The molecule has 2 fully saturated rings. The molecule has 0 radical (unpaired) electrons. The van der Waals surface area contributed by atoms with Gasteiger partial charge in [-0.25, -0.2) is 4.79 Å². The summed E-state index contributed by atoms with van der Waals surface area (Å²) in [6.07, 6.45) is 3.06. The Labute approximate surface area is 139 Å². The summed E-state index contributed by atoms with van der Waals surface area (Å²) >= 11 is 0. The van der Waals surface area contributed by atoms with Crippen molar-refractivity contribution in [3.63, 3.8) is 0 Å². The maximum Gasteiger partial charge on any atom is 0.407 e. The lowest BCUT2D eigenvalue weighted by atomic mass is 9.79. The number of hydrogen-bond acceptors (Lipinski definition) is 5. The van der Waals surface area contributed by atoms with E-state index in [-0.39, 0.29) is 24.3 Å². The number of amides is 1. The predicted octanol–water partition coefficient (Wildman–Crippen LogP) is 2.21. The summed E-state index contributed by atoms with van der Waals surface area (Å²) < 4.78 is 16.7. The molecule has 2 N–H and O–H groups in total. The first kappa shape index (κ1) is 18.5. The van der Waals surface area contributed by atoms with Gasteiger partial charge in [-0.05, 0) is 53.9 Å². The Morgan fingerprint density at radius 3 is 2.30 bits per heavy atom. The SMILES string of the molecule is CCOC1CC(NC2C(NC(=O)OC(C)(C)C)CC2OCC)C1. The summed E-state index contributed by atoms with van der Waals surface area (Å²) in [6, 6.07) is 0.658. The molecule has 23 heavy (non-hydrogen) atoms. The lowest BCUT2D eigenvalue weighted by Crippen LogP contribution is -2.69. The van der Waals surface area contributed by atoms with E-state index in [0.29, 0.717) is 18.8 Å². The maximum atomic E-state index is 12.0. The van der Waals surface area contributed by atoms with E-state index in [2.05, 4.69) is 10.6 Å². The van der Waals surface area contributed by atoms with Crippen molar-refractivity contribution in [2.45, 2.75) is 89.8 Å². The smallest absolute Gasteiger partial charge is 0.407 e. The van der Waals surface area contributed by atoms with Crippen LogP contribution in [0.3, 0.4) is 0 Å². The molecule has 0 spiro atoms. The van der Waals surface area contributed by atoms with Crippen molar-refractivity contribution in [3.8, 4) is 0 Å². The molecule has 134 valence electrons. The average molecular weight is 328 g/mol. The zero-order valence-corrected chi connectivity index (χ0v) is 15.1. The molecule has 2 saturated carbocycles. The van der Waals surface area contributed by atoms with Crippen molar-refractivity contribution in [1.82, 2.24) is 10.6 Å². The highest BCUT2D eigenvalue weighted by molar-refractivity contribution is 5.68. The monoisotopic (exact) mass is 328 g/mol. The normalized spacial score (nSPS) is 33.5. The van der Waals surface area contributed by atoms with Gasteiger partial charge >= 0.3 is 6.09 Å². The maximum absolute atomic E-state index is 12.0. The highest BCUT2D eigenvalue weighted by Crippen LogP contribution is 2.30. The molecule has 1 amide bonds. The molecule has 0 saturated heterocycles. The summed E-state index contributed by atoms with van der Waals surface area (Å²) in [5.74, 6) is 0. The quantitative estimate of drug-likeness (QED) is 0.750. The first-order valence-corrected chi connectivity index (χ1v) is 8.81. The highest BCUT2D eigenvalue weighted by Gasteiger charge is 2.45. The van der Waals surface area contributed by atoms with Crippen LogP contribution in [0, 0.1) is 0 Å². The van der Waals surface area contributed by atoms with Crippen LogP contribution in [-0.4, -0.2) is 55.2 Å². The van der Waals surface area contributed by atoms with E-state index in [9.17, 15) is 4.79 Å². The second-order valence-electron chi connectivity index (χ2n) is 7.42. The lowest BCUT2D eigenvalue weighted by Gasteiger charge is -2.48. The van der Waals surface area contributed by atoms with Crippen molar-refractivity contribution < 1.29 is 19.0 Å². The van der Waals surface area contributed by atoms with Crippen molar-refractivity contribution in [3.05, 3.63) is 0 Å². The third kappa shape index (κ3) is 5.33. The number of alkyl carbamates (subject to hydrolysis) is 1. The van der Waals surface area contributed by atoms with Crippen LogP contribution in [-0.2, 0) is 14.2 Å². The molecule has 2 rings (SSSR count). The lowest BCUT2D eigenvalue weighted by molar-refractivity contribution is -0.0650. The molecule has 0 aromatic carbocycles. The van der Waals surface area contributed by atoms with E-state index in [1.165, 1.54) is 0 Å². The van der Waals surface area contributed by atoms with Crippen LogP contribution in [0.4, 0.5) is 4.79 Å². The molecule has 3 unspecified atom stereocenters. The van der Waals surface area contributed by atoms with E-state index in [1.807, 2.05) is 34.6 Å². The van der Waals surface area contributed by atoms with E-state index in [0.717, 1.165) is 25.9 Å². The van der Waals surface area contributed by atoms with E-state index >= 15 is 0 Å². The molecular weight excluding hydrogens is 296 g/mol. The molecule has 0 aliphatic heterocycles. The number of nitrogens with one attached hydrogen (secondary N) is 2. The van der Waals surface area contributed by atoms with Gasteiger partial charge in [0.05, 0.1) is 24.3 Å². The number of ether oxygens (including phenoxy) is 3. The van der Waals surface area contributed by atoms with Gasteiger partial charge in [-0.1, -0.05) is 0 Å². The van der Waals surface area contributed by atoms with Crippen LogP contribution < -0.4 is 10.6 Å². The standard InChI is InChI=1S/C17H32N2O4/c1-6-21-12-8-11(9-12)18-15-13(10-14(15)22-7-2)19-16(20)23-17(3,4)5/h11-15,18H,6-10H2,1-5H3,(H,19,20). The topological polar surface area (TPSA) is 68.8 Å². The summed E-state index contributed by atoms with van der Waals surface area (Å²) in [5.41, 5.74) is -0.477. The fourth-order valence-corrected chi connectivity index (χ4v) is 3.17. The zero-order chi connectivity index (χ0) is 17.0. The number of carbonyl (C=O) groups is 1. The molecular formula is C17H32N2O4. The van der Waals surface area contributed by atoms with Crippen molar-refractivity contribution in [2.24, 2.45) is 0 Å². The van der Waals surface area contributed by atoms with Gasteiger partial charge in [-0.3, -0.25) is 0 Å². The highest BCUT2D eigenvalue weighted by atomic mass is 16.6. The second kappa shape index (κ2) is 7.81. The molecule has 0 bridgehead atoms. The van der Waals surface area contributed by atoms with Gasteiger partial charge in [-0.15, -0.1) is 0 Å². The molecule has 0 aromatic rings. The number of rotatable bonds is 7.